The number of carbonyl (C=O) groups is 3. The number of halogens is 2. The fourth-order valence-electron chi connectivity index (χ4n) is 5.45. The van der Waals surface area contributed by atoms with Gasteiger partial charge in [-0.15, -0.1) is 11.8 Å². The van der Waals surface area contributed by atoms with Gasteiger partial charge in [-0.25, -0.2) is 0 Å². The van der Waals surface area contributed by atoms with Crippen molar-refractivity contribution < 1.29 is 19.5 Å². The van der Waals surface area contributed by atoms with E-state index in [1.807, 2.05) is 0 Å². The van der Waals surface area contributed by atoms with Crippen LogP contribution in [0.5, 0.6) is 0 Å². The van der Waals surface area contributed by atoms with E-state index in [4.69, 9.17) is 16.7 Å². The van der Waals surface area contributed by atoms with E-state index in [1.54, 1.807) is 48.0 Å². The first kappa shape index (κ1) is 23.9. The topological polar surface area (TPSA) is 98.7 Å². The van der Waals surface area contributed by atoms with Crippen LogP contribution >= 0.6 is 39.3 Å². The Morgan fingerprint density at radius 1 is 1.25 bits per heavy atom. The van der Waals surface area contributed by atoms with Crippen LogP contribution in [0.1, 0.15) is 25.7 Å². The number of amides is 3. The third-order valence-electron chi connectivity index (χ3n) is 6.76. The third kappa shape index (κ3) is 3.95. The molecule has 3 fully saturated rings. The zero-order valence-electron chi connectivity index (χ0n) is 17.7. The smallest absolute Gasteiger partial charge is 0.248 e. The number of hydrogen-bond donors (Lipinski definition) is 3. The average molecular weight is 545 g/mol. The maximum absolute atomic E-state index is 13.7. The van der Waals surface area contributed by atoms with Gasteiger partial charge in [-0.2, -0.15) is 0 Å². The van der Waals surface area contributed by atoms with Crippen LogP contribution < -0.4 is 10.6 Å². The van der Waals surface area contributed by atoms with Crippen molar-refractivity contribution in [2.45, 2.75) is 46.5 Å². The van der Waals surface area contributed by atoms with Gasteiger partial charge in [0.15, 0.2) is 0 Å². The molecule has 3 aliphatic rings. The van der Waals surface area contributed by atoms with E-state index in [-0.39, 0.29) is 34.4 Å². The summed E-state index contributed by atoms with van der Waals surface area (Å²) in [6, 6.07) is 6.21. The highest BCUT2D eigenvalue weighted by Gasteiger charge is 2.75. The molecule has 3 heterocycles. The van der Waals surface area contributed by atoms with Crippen LogP contribution in [0.15, 0.2) is 24.3 Å². The zero-order valence-corrected chi connectivity index (χ0v) is 20.9. The summed E-state index contributed by atoms with van der Waals surface area (Å²) < 4.78 is -0.652. The second kappa shape index (κ2) is 9.52. The first-order valence-corrected chi connectivity index (χ1v) is 13.0. The number of hydrogen-bond acceptors (Lipinski definition) is 5. The maximum Gasteiger partial charge on any atom is 0.248 e. The van der Waals surface area contributed by atoms with E-state index in [0.717, 1.165) is 6.42 Å². The van der Waals surface area contributed by atoms with Gasteiger partial charge in [-0.1, -0.05) is 27.5 Å². The standard InChI is InChI=1S/C22H27BrClN3O4S/c1-25-19(29)15-16-21(31)27(9-3-2-4-10-28)18(22(16)11-14(23)17(15)32-22)20(30)26-13-7-5-12(24)6-8-13/h5-8,14-18,28H,2-4,9-11H2,1H3,(H,25,29)(H,26,30)/t14?,15-,16-,17-,18?,22?/m0/s1. The molecule has 174 valence electrons. The van der Waals surface area contributed by atoms with Gasteiger partial charge in [0.2, 0.25) is 17.7 Å². The summed E-state index contributed by atoms with van der Waals surface area (Å²) in [4.78, 5) is 41.8. The van der Waals surface area contributed by atoms with Crippen LogP contribution in [-0.4, -0.2) is 68.8 Å². The van der Waals surface area contributed by atoms with Gasteiger partial charge in [0.25, 0.3) is 0 Å². The first-order chi connectivity index (χ1) is 15.3. The van der Waals surface area contributed by atoms with E-state index in [9.17, 15) is 14.4 Å². The van der Waals surface area contributed by atoms with Crippen LogP contribution in [-0.2, 0) is 14.4 Å². The highest BCUT2D eigenvalue weighted by Crippen LogP contribution is 2.67. The number of aliphatic hydroxyl groups excluding tert-OH is 1. The SMILES string of the molecule is CNC(=O)[C@H]1[C@H]2C(=O)N(CCCCCO)C(C(=O)Nc3ccc(Cl)cc3)C23CC(Br)[C@@H]1S3. The lowest BCUT2D eigenvalue weighted by molar-refractivity contribution is -0.139. The molecule has 3 aliphatic heterocycles. The number of rotatable bonds is 8. The summed E-state index contributed by atoms with van der Waals surface area (Å²) in [5, 5.41) is 15.3. The molecular weight excluding hydrogens is 518 g/mol. The minimum absolute atomic E-state index is 0.0497. The molecule has 10 heteroatoms. The van der Waals surface area contributed by atoms with Gasteiger partial charge in [-0.05, 0) is 49.9 Å². The first-order valence-electron chi connectivity index (χ1n) is 10.9. The summed E-state index contributed by atoms with van der Waals surface area (Å²) in [5.74, 6) is -1.50. The monoisotopic (exact) mass is 543 g/mol. The van der Waals surface area contributed by atoms with Gasteiger partial charge in [0.05, 0.1) is 16.6 Å². The largest absolute Gasteiger partial charge is 0.396 e. The number of carbonyl (C=O) groups excluding carboxylic acids is 3. The Labute approximate surface area is 205 Å². The molecule has 3 saturated heterocycles. The molecular formula is C22H27BrClN3O4S. The highest BCUT2D eigenvalue weighted by molar-refractivity contribution is 9.09. The molecule has 0 radical (unpaired) electrons. The van der Waals surface area contributed by atoms with Gasteiger partial charge in [-0.3, -0.25) is 14.4 Å². The molecule has 6 atom stereocenters. The molecule has 1 aromatic carbocycles. The lowest BCUT2D eigenvalue weighted by Crippen LogP contribution is -2.53. The minimum atomic E-state index is -0.672. The summed E-state index contributed by atoms with van der Waals surface area (Å²) in [6.45, 7) is 0.525. The van der Waals surface area contributed by atoms with E-state index < -0.39 is 22.6 Å². The predicted octanol–water partition coefficient (Wildman–Crippen LogP) is 2.65. The Kier molecular flexibility index (Phi) is 7.10. The van der Waals surface area contributed by atoms with Crippen molar-refractivity contribution in [3.05, 3.63) is 29.3 Å². The van der Waals surface area contributed by atoms with Crippen molar-refractivity contribution in [1.82, 2.24) is 10.2 Å². The van der Waals surface area contributed by atoms with Crippen LogP contribution in [0.4, 0.5) is 5.69 Å². The second-order valence-corrected chi connectivity index (χ2v) is 11.7. The molecule has 3 unspecified atom stereocenters. The van der Waals surface area contributed by atoms with E-state index >= 15 is 0 Å². The molecule has 32 heavy (non-hydrogen) atoms. The number of fused-ring (bicyclic) bond motifs is 1. The van der Waals surface area contributed by atoms with Crippen molar-refractivity contribution in [2.24, 2.45) is 11.8 Å². The number of thioether (sulfide) groups is 1. The van der Waals surface area contributed by atoms with Crippen molar-refractivity contribution in [3.8, 4) is 0 Å². The third-order valence-corrected chi connectivity index (χ3v) is 10.2. The fraction of sp³-hybridized carbons (Fsp3) is 0.591. The molecule has 1 aromatic rings. The number of nitrogens with one attached hydrogen (secondary N) is 2. The molecule has 0 aliphatic carbocycles. The number of nitrogens with zero attached hydrogens (tertiary/aromatic N) is 1. The van der Waals surface area contributed by atoms with Crippen molar-refractivity contribution >= 4 is 62.7 Å². The van der Waals surface area contributed by atoms with Gasteiger partial charge in [0.1, 0.15) is 6.04 Å². The summed E-state index contributed by atoms with van der Waals surface area (Å²) >= 11 is 11.3. The predicted molar refractivity (Wildman–Crippen MR) is 129 cm³/mol. The van der Waals surface area contributed by atoms with Gasteiger partial charge < -0.3 is 20.6 Å². The van der Waals surface area contributed by atoms with Crippen LogP contribution in [0.2, 0.25) is 5.02 Å². The number of anilines is 1. The lowest BCUT2D eigenvalue weighted by atomic mass is 9.70. The lowest BCUT2D eigenvalue weighted by Gasteiger charge is -2.35. The Morgan fingerprint density at radius 3 is 2.62 bits per heavy atom. The average Bonchev–Trinajstić information content (AvgIpc) is 3.36. The summed E-state index contributed by atoms with van der Waals surface area (Å²) in [5.41, 5.74) is 0.614. The Hall–Kier alpha value is -1.29. The number of benzene rings is 1. The number of unbranched alkanes of at least 4 members (excludes halogenated alkanes) is 2. The summed E-state index contributed by atoms with van der Waals surface area (Å²) in [7, 11) is 1.59. The van der Waals surface area contributed by atoms with Crippen LogP contribution in [0, 0.1) is 11.8 Å². The quantitative estimate of drug-likeness (QED) is 0.345. The molecule has 2 bridgehead atoms. The van der Waals surface area contributed by atoms with Gasteiger partial charge >= 0.3 is 0 Å². The normalized spacial score (nSPS) is 32.8. The molecule has 0 saturated carbocycles. The summed E-state index contributed by atoms with van der Waals surface area (Å²) in [6.07, 6.45) is 2.76. The van der Waals surface area contributed by atoms with E-state index in [0.29, 0.717) is 36.5 Å². The van der Waals surface area contributed by atoms with E-state index in [2.05, 4.69) is 26.6 Å². The maximum atomic E-state index is 13.7. The molecule has 1 spiro atoms. The Bertz CT molecular complexity index is 904. The molecule has 3 N–H and O–H groups in total. The fourth-order valence-corrected chi connectivity index (χ4v) is 9.19. The minimum Gasteiger partial charge on any atom is -0.396 e. The van der Waals surface area contributed by atoms with Crippen LogP contribution in [0.25, 0.3) is 0 Å². The molecule has 7 nitrogen and oxygen atoms in total. The van der Waals surface area contributed by atoms with Crippen molar-refractivity contribution in [1.29, 1.82) is 0 Å². The van der Waals surface area contributed by atoms with Crippen molar-refractivity contribution in [3.63, 3.8) is 0 Å². The number of likely N-dealkylation sites (tertiary alicyclic amines) is 1. The Morgan fingerprint density at radius 2 is 1.97 bits per heavy atom. The zero-order chi connectivity index (χ0) is 23.0. The van der Waals surface area contributed by atoms with E-state index in [1.165, 1.54) is 0 Å². The van der Waals surface area contributed by atoms with Crippen molar-refractivity contribution in [2.75, 3.05) is 25.5 Å². The number of aliphatic hydroxyl groups is 1. The molecule has 0 aromatic heterocycles. The van der Waals surface area contributed by atoms with Crippen LogP contribution in [0.3, 0.4) is 0 Å². The Balaban J connectivity index is 1.66. The number of alkyl halides is 1. The second-order valence-electron chi connectivity index (χ2n) is 8.59. The van der Waals surface area contributed by atoms with Gasteiger partial charge in [0, 0.05) is 41.0 Å². The molecule has 3 amide bonds. The highest BCUT2D eigenvalue weighted by atomic mass is 79.9. The molecule has 4 rings (SSSR count).